The Morgan fingerprint density at radius 3 is 2.72 bits per heavy atom. The van der Waals surface area contributed by atoms with Gasteiger partial charge in [-0.2, -0.15) is 0 Å². The maximum Gasteiger partial charge on any atom is 0.272 e. The van der Waals surface area contributed by atoms with Gasteiger partial charge >= 0.3 is 0 Å². The molecule has 3 rings (SSSR count). The standard InChI is InChI=1S/C19H19N3O2S/c1-2-22(13-18(23)20-12-15-7-5-11-25-15)19(24)17-10-9-14-6-3-4-8-16(14)21-17/h3-11H,2,12-13H2,1H3,(H,20,23). The second kappa shape index (κ2) is 7.90. The van der Waals surface area contributed by atoms with E-state index < -0.39 is 0 Å². The first-order valence-electron chi connectivity index (χ1n) is 8.11. The smallest absolute Gasteiger partial charge is 0.272 e. The third kappa shape index (κ3) is 4.22. The number of nitrogens with one attached hydrogen (secondary N) is 1. The second-order valence-electron chi connectivity index (χ2n) is 5.56. The fourth-order valence-corrected chi connectivity index (χ4v) is 3.15. The van der Waals surface area contributed by atoms with Crippen LogP contribution >= 0.6 is 11.3 Å². The lowest BCUT2D eigenvalue weighted by atomic mass is 10.2. The number of pyridine rings is 1. The molecule has 1 N–H and O–H groups in total. The van der Waals surface area contributed by atoms with Crippen molar-refractivity contribution in [2.75, 3.05) is 13.1 Å². The normalized spacial score (nSPS) is 10.6. The summed E-state index contributed by atoms with van der Waals surface area (Å²) < 4.78 is 0. The van der Waals surface area contributed by atoms with Crippen LogP contribution in [0.2, 0.25) is 0 Å². The molecule has 0 saturated carbocycles. The van der Waals surface area contributed by atoms with Gasteiger partial charge in [0.1, 0.15) is 5.69 Å². The highest BCUT2D eigenvalue weighted by Crippen LogP contribution is 2.13. The summed E-state index contributed by atoms with van der Waals surface area (Å²) in [4.78, 5) is 31.8. The van der Waals surface area contributed by atoms with Crippen molar-refractivity contribution >= 4 is 34.1 Å². The Labute approximate surface area is 150 Å². The molecule has 0 aliphatic carbocycles. The molecular weight excluding hydrogens is 334 g/mol. The van der Waals surface area contributed by atoms with E-state index in [1.54, 1.807) is 17.4 Å². The van der Waals surface area contributed by atoms with Gasteiger partial charge in [-0.3, -0.25) is 9.59 Å². The Balaban J connectivity index is 1.66. The summed E-state index contributed by atoms with van der Waals surface area (Å²) in [6.45, 7) is 2.80. The molecule has 2 heterocycles. The fourth-order valence-electron chi connectivity index (χ4n) is 2.50. The van der Waals surface area contributed by atoms with E-state index in [1.807, 2.05) is 54.8 Å². The summed E-state index contributed by atoms with van der Waals surface area (Å²) >= 11 is 1.59. The molecule has 0 unspecified atom stereocenters. The summed E-state index contributed by atoms with van der Waals surface area (Å²) in [5.74, 6) is -0.413. The Bertz CT molecular complexity index is 877. The first-order valence-corrected chi connectivity index (χ1v) is 8.99. The molecule has 5 nitrogen and oxygen atoms in total. The summed E-state index contributed by atoms with van der Waals surface area (Å²) in [6.07, 6.45) is 0. The molecule has 0 radical (unpaired) electrons. The van der Waals surface area contributed by atoms with Crippen molar-refractivity contribution in [2.24, 2.45) is 0 Å². The van der Waals surface area contributed by atoms with Gasteiger partial charge in [0.05, 0.1) is 18.6 Å². The topological polar surface area (TPSA) is 62.3 Å². The van der Waals surface area contributed by atoms with E-state index in [4.69, 9.17) is 0 Å². The number of fused-ring (bicyclic) bond motifs is 1. The second-order valence-corrected chi connectivity index (χ2v) is 6.60. The summed E-state index contributed by atoms with van der Waals surface area (Å²) in [7, 11) is 0. The monoisotopic (exact) mass is 353 g/mol. The predicted molar refractivity (Wildman–Crippen MR) is 99.5 cm³/mol. The SMILES string of the molecule is CCN(CC(=O)NCc1cccs1)C(=O)c1ccc2ccccc2n1. The molecule has 1 aromatic carbocycles. The van der Waals surface area contributed by atoms with Crippen LogP contribution in [0.5, 0.6) is 0 Å². The molecule has 128 valence electrons. The van der Waals surface area contributed by atoms with E-state index in [2.05, 4.69) is 10.3 Å². The third-order valence-corrected chi connectivity index (χ3v) is 4.74. The lowest BCUT2D eigenvalue weighted by molar-refractivity contribution is -0.121. The van der Waals surface area contributed by atoms with Gasteiger partial charge in [0.15, 0.2) is 0 Å². The molecular formula is C19H19N3O2S. The van der Waals surface area contributed by atoms with Crippen molar-refractivity contribution in [3.63, 3.8) is 0 Å². The maximum absolute atomic E-state index is 12.7. The highest BCUT2D eigenvalue weighted by Gasteiger charge is 2.18. The van der Waals surface area contributed by atoms with Gasteiger partial charge in [0.2, 0.25) is 5.91 Å². The number of amides is 2. The molecule has 3 aromatic rings. The number of benzene rings is 1. The minimum atomic E-state index is -0.237. The quantitative estimate of drug-likeness (QED) is 0.741. The Kier molecular flexibility index (Phi) is 5.40. The molecule has 0 atom stereocenters. The number of carbonyl (C=O) groups excluding carboxylic acids is 2. The number of hydrogen-bond donors (Lipinski definition) is 1. The van der Waals surface area contributed by atoms with E-state index in [-0.39, 0.29) is 18.4 Å². The van der Waals surface area contributed by atoms with Gasteiger partial charge < -0.3 is 10.2 Å². The molecule has 0 saturated heterocycles. The lowest BCUT2D eigenvalue weighted by Crippen LogP contribution is -2.40. The van der Waals surface area contributed by atoms with Crippen molar-refractivity contribution in [1.82, 2.24) is 15.2 Å². The number of para-hydroxylation sites is 1. The summed E-state index contributed by atoms with van der Waals surface area (Å²) in [5, 5.41) is 5.79. The minimum absolute atomic E-state index is 0.0230. The number of aromatic nitrogens is 1. The van der Waals surface area contributed by atoms with E-state index in [0.29, 0.717) is 18.8 Å². The van der Waals surface area contributed by atoms with Crippen molar-refractivity contribution in [1.29, 1.82) is 0 Å². The van der Waals surface area contributed by atoms with Crippen molar-refractivity contribution in [2.45, 2.75) is 13.5 Å². The number of thiophene rings is 1. The lowest BCUT2D eigenvalue weighted by Gasteiger charge is -2.20. The van der Waals surface area contributed by atoms with E-state index in [1.165, 1.54) is 4.90 Å². The zero-order valence-corrected chi connectivity index (χ0v) is 14.8. The van der Waals surface area contributed by atoms with Crippen LogP contribution in [0.15, 0.2) is 53.9 Å². The predicted octanol–water partition coefficient (Wildman–Crippen LogP) is 3.07. The van der Waals surface area contributed by atoms with Gasteiger partial charge in [-0.05, 0) is 30.5 Å². The molecule has 0 aliphatic rings. The van der Waals surface area contributed by atoms with E-state index >= 15 is 0 Å². The number of carbonyl (C=O) groups is 2. The van der Waals surface area contributed by atoms with Crippen LogP contribution < -0.4 is 5.32 Å². The zero-order chi connectivity index (χ0) is 17.6. The molecule has 25 heavy (non-hydrogen) atoms. The number of nitrogens with zero attached hydrogens (tertiary/aromatic N) is 2. The van der Waals surface area contributed by atoms with E-state index in [9.17, 15) is 9.59 Å². The summed E-state index contributed by atoms with van der Waals surface area (Å²) in [6, 6.07) is 15.1. The van der Waals surface area contributed by atoms with Gasteiger partial charge in [0, 0.05) is 16.8 Å². The number of likely N-dealkylation sites (N-methyl/N-ethyl adjacent to an activating group) is 1. The average molecular weight is 353 g/mol. The molecule has 0 spiro atoms. The summed E-state index contributed by atoms with van der Waals surface area (Å²) in [5.41, 5.74) is 1.12. The molecule has 0 aliphatic heterocycles. The molecule has 2 amide bonds. The average Bonchev–Trinajstić information content (AvgIpc) is 3.17. The highest BCUT2D eigenvalue weighted by molar-refractivity contribution is 7.09. The number of hydrogen-bond acceptors (Lipinski definition) is 4. The van der Waals surface area contributed by atoms with Crippen LogP contribution in [0.1, 0.15) is 22.3 Å². The van der Waals surface area contributed by atoms with Gasteiger partial charge in [-0.1, -0.05) is 30.3 Å². The van der Waals surface area contributed by atoms with Crippen LogP contribution in [0.4, 0.5) is 0 Å². The van der Waals surface area contributed by atoms with Crippen LogP contribution in [0.3, 0.4) is 0 Å². The third-order valence-electron chi connectivity index (χ3n) is 3.86. The van der Waals surface area contributed by atoms with Crippen LogP contribution in [0, 0.1) is 0 Å². The first-order chi connectivity index (χ1) is 12.2. The molecule has 0 bridgehead atoms. The van der Waals surface area contributed by atoms with Crippen LogP contribution in [-0.4, -0.2) is 34.8 Å². The van der Waals surface area contributed by atoms with E-state index in [0.717, 1.165) is 15.8 Å². The molecule has 2 aromatic heterocycles. The Morgan fingerprint density at radius 2 is 1.96 bits per heavy atom. The highest BCUT2D eigenvalue weighted by atomic mass is 32.1. The van der Waals surface area contributed by atoms with Crippen molar-refractivity contribution in [3.8, 4) is 0 Å². The molecule has 0 fully saturated rings. The van der Waals surface area contributed by atoms with Crippen LogP contribution in [0.25, 0.3) is 10.9 Å². The first kappa shape index (κ1) is 17.1. The van der Waals surface area contributed by atoms with Gasteiger partial charge in [-0.15, -0.1) is 11.3 Å². The van der Waals surface area contributed by atoms with Crippen molar-refractivity contribution in [3.05, 3.63) is 64.5 Å². The largest absolute Gasteiger partial charge is 0.350 e. The van der Waals surface area contributed by atoms with Crippen molar-refractivity contribution < 1.29 is 9.59 Å². The molecule has 6 heteroatoms. The Hall–Kier alpha value is -2.73. The zero-order valence-electron chi connectivity index (χ0n) is 13.9. The van der Waals surface area contributed by atoms with Gasteiger partial charge in [0.25, 0.3) is 5.91 Å². The minimum Gasteiger partial charge on any atom is -0.350 e. The fraction of sp³-hybridized carbons (Fsp3) is 0.211. The maximum atomic E-state index is 12.7. The number of rotatable bonds is 6. The Morgan fingerprint density at radius 1 is 1.12 bits per heavy atom. The van der Waals surface area contributed by atoms with Crippen LogP contribution in [-0.2, 0) is 11.3 Å². The van der Waals surface area contributed by atoms with Gasteiger partial charge in [-0.25, -0.2) is 4.98 Å².